The van der Waals surface area contributed by atoms with E-state index in [0.29, 0.717) is 17.8 Å². The van der Waals surface area contributed by atoms with Crippen LogP contribution in [0.15, 0.2) is 12.1 Å². The van der Waals surface area contributed by atoms with E-state index in [2.05, 4.69) is 10.1 Å². The third-order valence-corrected chi connectivity index (χ3v) is 2.50. The minimum atomic E-state index is -1.01. The van der Waals surface area contributed by atoms with Crippen LogP contribution in [0.25, 0.3) is 5.52 Å². The van der Waals surface area contributed by atoms with Crippen molar-refractivity contribution in [2.45, 2.75) is 26.7 Å². The van der Waals surface area contributed by atoms with Crippen LogP contribution in [0, 0.1) is 0 Å². The number of carboxylic acids is 1. The van der Waals surface area contributed by atoms with Crippen molar-refractivity contribution in [2.24, 2.45) is 0 Å². The van der Waals surface area contributed by atoms with Gasteiger partial charge < -0.3 is 5.11 Å². The maximum Gasteiger partial charge on any atom is 0.356 e. The lowest BCUT2D eigenvalue weighted by molar-refractivity contribution is 0.0693. The van der Waals surface area contributed by atoms with Crippen LogP contribution in [0.3, 0.4) is 0 Å². The number of nitrogens with zero attached hydrogens (tertiary/aromatic N) is 3. The van der Waals surface area contributed by atoms with E-state index in [4.69, 9.17) is 5.11 Å². The van der Waals surface area contributed by atoms with Gasteiger partial charge in [-0.25, -0.2) is 14.3 Å². The Kier molecular flexibility index (Phi) is 2.60. The van der Waals surface area contributed by atoms with Gasteiger partial charge in [-0.2, -0.15) is 5.10 Å². The van der Waals surface area contributed by atoms with Crippen molar-refractivity contribution in [1.82, 2.24) is 14.6 Å². The second kappa shape index (κ2) is 3.92. The van der Waals surface area contributed by atoms with E-state index in [1.807, 2.05) is 19.9 Å². The van der Waals surface area contributed by atoms with Crippen molar-refractivity contribution in [3.8, 4) is 0 Å². The summed E-state index contributed by atoms with van der Waals surface area (Å²) in [5.74, 6) is -0.328. The lowest BCUT2D eigenvalue weighted by atomic mass is 10.3. The first-order chi connectivity index (χ1) is 7.67. The monoisotopic (exact) mass is 219 g/mol. The van der Waals surface area contributed by atoms with Crippen LogP contribution < -0.4 is 0 Å². The van der Waals surface area contributed by atoms with Crippen molar-refractivity contribution in [1.29, 1.82) is 0 Å². The van der Waals surface area contributed by atoms with Gasteiger partial charge in [-0.05, 0) is 18.6 Å². The predicted octanol–water partition coefficient (Wildman–Crippen LogP) is 1.55. The summed E-state index contributed by atoms with van der Waals surface area (Å²) in [5.41, 5.74) is 1.56. The molecule has 0 atom stereocenters. The molecule has 0 bridgehead atoms. The largest absolute Gasteiger partial charge is 0.476 e. The van der Waals surface area contributed by atoms with Crippen LogP contribution in [0.4, 0.5) is 0 Å². The zero-order chi connectivity index (χ0) is 11.7. The second-order valence-corrected chi connectivity index (χ2v) is 3.51. The summed E-state index contributed by atoms with van der Waals surface area (Å²) < 4.78 is 1.63. The van der Waals surface area contributed by atoms with Crippen LogP contribution in [0.5, 0.6) is 0 Å². The molecule has 0 unspecified atom stereocenters. The van der Waals surface area contributed by atoms with Crippen molar-refractivity contribution < 1.29 is 9.90 Å². The lowest BCUT2D eigenvalue weighted by Gasteiger charge is -2.00. The molecule has 2 aromatic rings. The van der Waals surface area contributed by atoms with E-state index < -0.39 is 5.97 Å². The summed E-state index contributed by atoms with van der Waals surface area (Å²) in [6.07, 6.45) is 1.48. The van der Waals surface area contributed by atoms with E-state index in [0.717, 1.165) is 12.1 Å². The lowest BCUT2D eigenvalue weighted by Crippen LogP contribution is -2.01. The molecule has 0 spiro atoms. The summed E-state index contributed by atoms with van der Waals surface area (Å²) in [6, 6.07) is 3.60. The Hall–Kier alpha value is -1.91. The number of hydrogen-bond acceptors (Lipinski definition) is 3. The molecule has 0 aromatic carbocycles. The zero-order valence-corrected chi connectivity index (χ0v) is 9.27. The molecule has 0 fully saturated rings. The summed E-state index contributed by atoms with van der Waals surface area (Å²) in [6.45, 7) is 3.94. The van der Waals surface area contributed by atoms with E-state index in [1.165, 1.54) is 0 Å². The predicted molar refractivity (Wildman–Crippen MR) is 58.7 cm³/mol. The smallest absolute Gasteiger partial charge is 0.356 e. The SMILES string of the molecule is CCc1ccc2c(C(=O)O)nc(CC)n2n1. The highest BCUT2D eigenvalue weighted by Crippen LogP contribution is 2.13. The number of aromatic carboxylic acids is 1. The molecule has 5 nitrogen and oxygen atoms in total. The minimum Gasteiger partial charge on any atom is -0.476 e. The molecule has 2 rings (SSSR count). The highest BCUT2D eigenvalue weighted by molar-refractivity contribution is 5.93. The van der Waals surface area contributed by atoms with Gasteiger partial charge in [0.25, 0.3) is 0 Å². The molecule has 2 heterocycles. The first-order valence-electron chi connectivity index (χ1n) is 5.28. The zero-order valence-electron chi connectivity index (χ0n) is 9.27. The molecule has 0 saturated heterocycles. The first-order valence-corrected chi connectivity index (χ1v) is 5.28. The van der Waals surface area contributed by atoms with Crippen molar-refractivity contribution >= 4 is 11.5 Å². The average molecular weight is 219 g/mol. The Morgan fingerprint density at radius 2 is 2.12 bits per heavy atom. The van der Waals surface area contributed by atoms with Gasteiger partial charge in [0.05, 0.1) is 11.2 Å². The van der Waals surface area contributed by atoms with E-state index in [9.17, 15) is 4.79 Å². The average Bonchev–Trinajstić information content (AvgIpc) is 2.66. The number of fused-ring (bicyclic) bond motifs is 1. The summed E-state index contributed by atoms with van der Waals surface area (Å²) in [7, 11) is 0. The van der Waals surface area contributed by atoms with Gasteiger partial charge in [-0.1, -0.05) is 13.8 Å². The van der Waals surface area contributed by atoms with Gasteiger partial charge in [-0.15, -0.1) is 0 Å². The van der Waals surface area contributed by atoms with E-state index in [1.54, 1.807) is 10.6 Å². The molecule has 0 amide bonds. The molecular weight excluding hydrogens is 206 g/mol. The normalized spacial score (nSPS) is 10.9. The van der Waals surface area contributed by atoms with Gasteiger partial charge >= 0.3 is 5.97 Å². The number of carbonyl (C=O) groups is 1. The number of carboxylic acid groups (broad SMARTS) is 1. The first kappa shape index (κ1) is 10.6. The Bertz CT molecular complexity index is 545. The van der Waals surface area contributed by atoms with Crippen molar-refractivity contribution in [3.05, 3.63) is 29.3 Å². The maximum absolute atomic E-state index is 11.0. The molecular formula is C11H13N3O2. The minimum absolute atomic E-state index is 0.0759. The van der Waals surface area contributed by atoms with Gasteiger partial charge in [0, 0.05) is 6.42 Å². The molecule has 0 aliphatic carbocycles. The molecule has 0 radical (unpaired) electrons. The van der Waals surface area contributed by atoms with Gasteiger partial charge in [0.2, 0.25) is 0 Å². The van der Waals surface area contributed by atoms with Crippen molar-refractivity contribution in [2.75, 3.05) is 0 Å². The molecule has 0 saturated carbocycles. The molecule has 16 heavy (non-hydrogen) atoms. The molecule has 1 N–H and O–H groups in total. The molecule has 5 heteroatoms. The van der Waals surface area contributed by atoms with E-state index >= 15 is 0 Å². The quantitative estimate of drug-likeness (QED) is 0.850. The summed E-state index contributed by atoms with van der Waals surface area (Å²) >= 11 is 0. The standard InChI is InChI=1S/C11H13N3O2/c1-3-7-5-6-8-10(11(15)16)12-9(4-2)14(8)13-7/h5-6H,3-4H2,1-2H3,(H,15,16). The number of imidazole rings is 1. The Labute approximate surface area is 92.7 Å². The number of rotatable bonds is 3. The molecule has 84 valence electrons. The van der Waals surface area contributed by atoms with Gasteiger partial charge in [0.15, 0.2) is 5.69 Å². The fourth-order valence-corrected chi connectivity index (χ4v) is 1.65. The van der Waals surface area contributed by atoms with Crippen LogP contribution in [-0.4, -0.2) is 25.7 Å². The Balaban J connectivity index is 2.74. The summed E-state index contributed by atoms with van der Waals surface area (Å²) in [4.78, 5) is 15.1. The maximum atomic E-state index is 11.0. The fraction of sp³-hybridized carbons (Fsp3) is 0.364. The third-order valence-electron chi connectivity index (χ3n) is 2.50. The highest BCUT2D eigenvalue weighted by Gasteiger charge is 2.16. The number of hydrogen-bond donors (Lipinski definition) is 1. The molecule has 2 aromatic heterocycles. The van der Waals surface area contributed by atoms with E-state index in [-0.39, 0.29) is 5.69 Å². The summed E-state index contributed by atoms with van der Waals surface area (Å²) in [5, 5.41) is 13.4. The van der Waals surface area contributed by atoms with Gasteiger partial charge in [0.1, 0.15) is 5.82 Å². The van der Waals surface area contributed by atoms with Gasteiger partial charge in [-0.3, -0.25) is 0 Å². The Morgan fingerprint density at radius 3 is 2.69 bits per heavy atom. The van der Waals surface area contributed by atoms with Crippen LogP contribution in [0.2, 0.25) is 0 Å². The third kappa shape index (κ3) is 1.54. The molecule has 0 aliphatic heterocycles. The second-order valence-electron chi connectivity index (χ2n) is 3.51. The number of aryl methyl sites for hydroxylation is 2. The van der Waals surface area contributed by atoms with Crippen LogP contribution in [0.1, 0.15) is 35.9 Å². The number of aromatic nitrogens is 3. The topological polar surface area (TPSA) is 67.5 Å². The fourth-order valence-electron chi connectivity index (χ4n) is 1.65. The highest BCUT2D eigenvalue weighted by atomic mass is 16.4. The van der Waals surface area contributed by atoms with Crippen LogP contribution >= 0.6 is 0 Å². The molecule has 0 aliphatic rings. The van der Waals surface area contributed by atoms with Crippen LogP contribution in [-0.2, 0) is 12.8 Å². The Morgan fingerprint density at radius 1 is 1.38 bits per heavy atom. The van der Waals surface area contributed by atoms with Crippen molar-refractivity contribution in [3.63, 3.8) is 0 Å².